The van der Waals surface area contributed by atoms with E-state index in [4.69, 9.17) is 4.74 Å². The molecule has 8 nitrogen and oxygen atoms in total. The van der Waals surface area contributed by atoms with E-state index in [1.54, 1.807) is 13.1 Å². The molecular formula is C20H30N4O4S. The minimum Gasteiger partial charge on any atom is -0.371 e. The lowest BCUT2D eigenvalue weighted by molar-refractivity contribution is -0.00674. The number of sulfonamides is 1. The fourth-order valence-corrected chi connectivity index (χ4v) is 5.55. The van der Waals surface area contributed by atoms with E-state index in [2.05, 4.69) is 14.6 Å². The van der Waals surface area contributed by atoms with Crippen LogP contribution in [0, 0.1) is 0 Å². The highest BCUT2D eigenvalue weighted by Gasteiger charge is 2.45. The number of rotatable bonds is 5. The number of anilines is 1. The summed E-state index contributed by atoms with van der Waals surface area (Å²) in [5.41, 5.74) is 0.248. The molecule has 0 saturated carbocycles. The molecule has 160 valence electrons. The summed E-state index contributed by atoms with van der Waals surface area (Å²) >= 11 is 0. The molecule has 1 aromatic rings. The Balaban J connectivity index is 1.50. The van der Waals surface area contributed by atoms with Crippen molar-refractivity contribution >= 4 is 21.7 Å². The predicted molar refractivity (Wildman–Crippen MR) is 111 cm³/mol. The van der Waals surface area contributed by atoms with Crippen molar-refractivity contribution in [2.45, 2.75) is 50.7 Å². The fourth-order valence-electron chi connectivity index (χ4n) is 4.73. The summed E-state index contributed by atoms with van der Waals surface area (Å²) in [6.07, 6.45) is 6.28. The van der Waals surface area contributed by atoms with Gasteiger partial charge in [-0.3, -0.25) is 4.79 Å². The number of hydrogen-bond donors (Lipinski definition) is 1. The quantitative estimate of drug-likeness (QED) is 0.771. The van der Waals surface area contributed by atoms with Gasteiger partial charge in [-0.05, 0) is 51.2 Å². The van der Waals surface area contributed by atoms with Crippen LogP contribution >= 0.6 is 0 Å². The zero-order valence-electron chi connectivity index (χ0n) is 17.0. The lowest BCUT2D eigenvalue weighted by atomic mass is 9.88. The first-order valence-corrected chi connectivity index (χ1v) is 12.2. The smallest absolute Gasteiger partial charge is 0.257 e. The number of carbonyl (C=O) groups is 1. The monoisotopic (exact) mass is 422 g/mol. The van der Waals surface area contributed by atoms with Crippen LogP contribution < -0.4 is 9.62 Å². The van der Waals surface area contributed by atoms with Gasteiger partial charge in [-0.1, -0.05) is 0 Å². The van der Waals surface area contributed by atoms with Gasteiger partial charge in [0.15, 0.2) is 0 Å². The fraction of sp³-hybridized carbons (Fsp3) is 0.700. The van der Waals surface area contributed by atoms with E-state index < -0.39 is 15.6 Å². The number of aromatic nitrogens is 1. The Morgan fingerprint density at radius 1 is 1.31 bits per heavy atom. The Kier molecular flexibility index (Phi) is 5.81. The van der Waals surface area contributed by atoms with Crippen molar-refractivity contribution in [2.24, 2.45) is 0 Å². The van der Waals surface area contributed by atoms with Crippen LogP contribution in [0.4, 0.5) is 5.82 Å². The summed E-state index contributed by atoms with van der Waals surface area (Å²) in [6, 6.07) is 3.47. The van der Waals surface area contributed by atoms with E-state index in [1.165, 1.54) is 0 Å². The molecule has 1 N–H and O–H groups in total. The highest BCUT2D eigenvalue weighted by Crippen LogP contribution is 2.37. The van der Waals surface area contributed by atoms with Crippen molar-refractivity contribution in [1.29, 1.82) is 0 Å². The van der Waals surface area contributed by atoms with Crippen LogP contribution in [0.5, 0.6) is 0 Å². The third-order valence-corrected chi connectivity index (χ3v) is 7.64. The number of hydrogen-bond acceptors (Lipinski definition) is 6. The molecule has 4 heterocycles. The van der Waals surface area contributed by atoms with Crippen molar-refractivity contribution in [2.75, 3.05) is 43.4 Å². The van der Waals surface area contributed by atoms with Crippen molar-refractivity contribution in [1.82, 2.24) is 14.6 Å². The molecule has 29 heavy (non-hydrogen) atoms. The SMILES string of the molecule is CCS(=O)(=O)NC1COC2(CCCN(c3ncccc3C(=O)N3CCCC3)C2)C1. The van der Waals surface area contributed by atoms with E-state index in [0.717, 1.165) is 45.3 Å². The molecule has 3 aliphatic rings. The molecule has 0 bridgehead atoms. The van der Waals surface area contributed by atoms with Crippen LogP contribution in [0.2, 0.25) is 0 Å². The van der Waals surface area contributed by atoms with Crippen molar-refractivity contribution in [3.05, 3.63) is 23.9 Å². The number of pyridine rings is 1. The molecule has 3 fully saturated rings. The van der Waals surface area contributed by atoms with Gasteiger partial charge in [-0.15, -0.1) is 0 Å². The summed E-state index contributed by atoms with van der Waals surface area (Å²) in [6.45, 7) is 5.06. The second kappa shape index (κ2) is 8.20. The van der Waals surface area contributed by atoms with E-state index in [1.807, 2.05) is 17.0 Å². The Morgan fingerprint density at radius 3 is 2.86 bits per heavy atom. The van der Waals surface area contributed by atoms with Gasteiger partial charge in [0, 0.05) is 38.4 Å². The highest BCUT2D eigenvalue weighted by atomic mass is 32.2. The maximum absolute atomic E-state index is 13.0. The van der Waals surface area contributed by atoms with Crippen molar-refractivity contribution in [3.63, 3.8) is 0 Å². The summed E-state index contributed by atoms with van der Waals surface area (Å²) in [7, 11) is -3.26. The number of likely N-dealkylation sites (tertiary alicyclic amines) is 1. The molecule has 0 radical (unpaired) electrons. The van der Waals surface area contributed by atoms with Gasteiger partial charge in [0.2, 0.25) is 10.0 Å². The van der Waals surface area contributed by atoms with Crippen molar-refractivity contribution in [3.8, 4) is 0 Å². The Bertz CT molecular complexity index is 856. The van der Waals surface area contributed by atoms with Crippen LogP contribution in [-0.4, -0.2) is 74.4 Å². The summed E-state index contributed by atoms with van der Waals surface area (Å²) in [5.74, 6) is 0.828. The number of nitrogens with one attached hydrogen (secondary N) is 1. The van der Waals surface area contributed by atoms with Crippen molar-refractivity contribution < 1.29 is 17.9 Å². The zero-order chi connectivity index (χ0) is 20.5. The van der Waals surface area contributed by atoms with Gasteiger partial charge in [0.05, 0.1) is 23.5 Å². The Hall–Kier alpha value is -1.71. The third kappa shape index (κ3) is 4.41. The Labute approximate surface area is 172 Å². The normalized spacial score (nSPS) is 27.7. The minimum absolute atomic E-state index is 0.0474. The topological polar surface area (TPSA) is 91.8 Å². The molecule has 3 aliphatic heterocycles. The van der Waals surface area contributed by atoms with E-state index >= 15 is 0 Å². The lowest BCUT2D eigenvalue weighted by Crippen LogP contribution is -2.49. The molecule has 4 rings (SSSR count). The van der Waals surface area contributed by atoms with Crippen LogP contribution in [0.15, 0.2) is 18.3 Å². The standard InChI is InChI=1S/C20H30N4O4S/c1-2-29(26,27)22-16-13-20(28-14-16)8-6-12-24(15-20)18-17(7-5-9-21-18)19(25)23-10-3-4-11-23/h5,7,9,16,22H,2-4,6,8,10-15H2,1H3. The predicted octanol–water partition coefficient (Wildman–Crippen LogP) is 1.38. The molecule has 1 amide bonds. The molecular weight excluding hydrogens is 392 g/mol. The van der Waals surface area contributed by atoms with E-state index in [9.17, 15) is 13.2 Å². The number of amides is 1. The van der Waals surface area contributed by atoms with Crippen LogP contribution in [0.1, 0.15) is 49.4 Å². The largest absolute Gasteiger partial charge is 0.371 e. The first-order valence-electron chi connectivity index (χ1n) is 10.5. The van der Waals surface area contributed by atoms with Gasteiger partial charge in [-0.25, -0.2) is 18.1 Å². The summed E-state index contributed by atoms with van der Waals surface area (Å²) in [5, 5.41) is 0. The lowest BCUT2D eigenvalue weighted by Gasteiger charge is -2.41. The van der Waals surface area contributed by atoms with Gasteiger partial charge in [-0.2, -0.15) is 0 Å². The molecule has 3 saturated heterocycles. The molecule has 9 heteroatoms. The first-order chi connectivity index (χ1) is 13.9. The number of piperidine rings is 1. The second-order valence-electron chi connectivity index (χ2n) is 8.32. The highest BCUT2D eigenvalue weighted by molar-refractivity contribution is 7.89. The minimum atomic E-state index is -3.26. The average Bonchev–Trinajstić information content (AvgIpc) is 3.38. The molecule has 1 spiro atoms. The van der Waals surface area contributed by atoms with Crippen LogP contribution in [0.3, 0.4) is 0 Å². The van der Waals surface area contributed by atoms with Gasteiger partial charge in [0.25, 0.3) is 5.91 Å². The number of nitrogens with zero attached hydrogens (tertiary/aromatic N) is 3. The summed E-state index contributed by atoms with van der Waals surface area (Å²) in [4.78, 5) is 21.6. The van der Waals surface area contributed by atoms with Gasteiger partial charge in [0.1, 0.15) is 5.82 Å². The molecule has 2 unspecified atom stereocenters. The maximum atomic E-state index is 13.0. The van der Waals surface area contributed by atoms with Gasteiger partial charge >= 0.3 is 0 Å². The van der Waals surface area contributed by atoms with Crippen LogP contribution in [0.25, 0.3) is 0 Å². The number of ether oxygens (including phenoxy) is 1. The van der Waals surface area contributed by atoms with E-state index in [0.29, 0.717) is 31.0 Å². The molecule has 1 aromatic heterocycles. The molecule has 0 aromatic carbocycles. The maximum Gasteiger partial charge on any atom is 0.257 e. The van der Waals surface area contributed by atoms with E-state index in [-0.39, 0.29) is 17.7 Å². The average molecular weight is 423 g/mol. The molecule has 0 aliphatic carbocycles. The second-order valence-corrected chi connectivity index (χ2v) is 10.4. The third-order valence-electron chi connectivity index (χ3n) is 6.18. The summed E-state index contributed by atoms with van der Waals surface area (Å²) < 4.78 is 32.8. The number of carbonyl (C=O) groups excluding carboxylic acids is 1. The zero-order valence-corrected chi connectivity index (χ0v) is 17.8. The first kappa shape index (κ1) is 20.6. The van der Waals surface area contributed by atoms with Gasteiger partial charge < -0.3 is 14.5 Å². The van der Waals surface area contributed by atoms with Crippen LogP contribution in [-0.2, 0) is 14.8 Å². The molecule has 2 atom stereocenters. The Morgan fingerprint density at radius 2 is 2.10 bits per heavy atom.